The van der Waals surface area contributed by atoms with Crippen LogP contribution in [-0.4, -0.2) is 0 Å². The lowest BCUT2D eigenvalue weighted by Crippen LogP contribution is -2.20. The molecule has 0 N–H and O–H groups in total. The van der Waals surface area contributed by atoms with Crippen molar-refractivity contribution in [3.05, 3.63) is 106 Å². The van der Waals surface area contributed by atoms with Crippen LogP contribution in [0.4, 0.5) is 0 Å². The first kappa shape index (κ1) is 22.5. The summed E-state index contributed by atoms with van der Waals surface area (Å²) in [6.45, 7) is 4.75. The third-order valence-electron chi connectivity index (χ3n) is 8.75. The Labute approximate surface area is 201 Å². The van der Waals surface area contributed by atoms with Gasteiger partial charge in [-0.25, -0.2) is 0 Å². The van der Waals surface area contributed by atoms with Crippen LogP contribution >= 0.6 is 0 Å². The number of rotatable bonds is 7. The molecule has 0 aliphatic heterocycles. The Balaban J connectivity index is 1.25. The number of hydrogen-bond acceptors (Lipinski definition) is 0. The molecule has 1 atom stereocenters. The molecule has 0 saturated heterocycles. The average molecular weight is 437 g/mol. The smallest absolute Gasteiger partial charge is 0.0281 e. The van der Waals surface area contributed by atoms with Crippen LogP contribution in [0.3, 0.4) is 0 Å². The summed E-state index contributed by atoms with van der Waals surface area (Å²) >= 11 is 0. The molecular weight excluding hydrogens is 396 g/mol. The molecule has 1 saturated carbocycles. The second-order valence-corrected chi connectivity index (χ2v) is 10.5. The number of benzene rings is 1. The Hall–Kier alpha value is -2.34. The van der Waals surface area contributed by atoms with E-state index in [-0.39, 0.29) is 0 Å². The molecule has 4 aliphatic carbocycles. The first-order valence-corrected chi connectivity index (χ1v) is 13.5. The molecule has 0 spiro atoms. The van der Waals surface area contributed by atoms with Crippen molar-refractivity contribution in [3.63, 3.8) is 0 Å². The van der Waals surface area contributed by atoms with E-state index in [0.717, 1.165) is 24.2 Å². The lowest BCUT2D eigenvalue weighted by molar-refractivity contribution is 0.221. The summed E-state index contributed by atoms with van der Waals surface area (Å²) in [5, 5.41) is 0. The molecule has 0 radical (unpaired) electrons. The van der Waals surface area contributed by atoms with Gasteiger partial charge in [0.05, 0.1) is 0 Å². The maximum absolute atomic E-state index is 2.43. The van der Waals surface area contributed by atoms with Crippen LogP contribution in [0, 0.1) is 17.8 Å². The molecule has 172 valence electrons. The maximum atomic E-state index is 2.43. The van der Waals surface area contributed by atoms with E-state index in [1.807, 2.05) is 0 Å². The van der Waals surface area contributed by atoms with Gasteiger partial charge in [0.25, 0.3) is 0 Å². The van der Waals surface area contributed by atoms with Crippen LogP contribution in [0.25, 0.3) is 0 Å². The van der Waals surface area contributed by atoms with E-state index in [1.165, 1.54) is 79.2 Å². The molecular formula is C33H40. The molecule has 33 heavy (non-hydrogen) atoms. The summed E-state index contributed by atoms with van der Waals surface area (Å²) in [6, 6.07) is 9.65. The van der Waals surface area contributed by atoms with Crippen molar-refractivity contribution in [2.45, 2.75) is 77.6 Å². The zero-order chi connectivity index (χ0) is 22.6. The molecule has 0 bridgehead atoms. The molecule has 0 nitrogen and oxygen atoms in total. The summed E-state index contributed by atoms with van der Waals surface area (Å²) in [5.41, 5.74) is 8.87. The minimum absolute atomic E-state index is 0.434. The highest BCUT2D eigenvalue weighted by molar-refractivity contribution is 5.60. The molecule has 4 aliphatic rings. The monoisotopic (exact) mass is 436 g/mol. The number of fused-ring (bicyclic) bond motifs is 1. The van der Waals surface area contributed by atoms with E-state index in [9.17, 15) is 0 Å². The van der Waals surface area contributed by atoms with Crippen molar-refractivity contribution in [1.82, 2.24) is 0 Å². The fraction of sp³-hybridized carbons (Fsp3) is 0.455. The Morgan fingerprint density at radius 1 is 0.848 bits per heavy atom. The number of hydrogen-bond donors (Lipinski definition) is 0. The van der Waals surface area contributed by atoms with Crippen molar-refractivity contribution >= 4 is 0 Å². The zero-order valence-electron chi connectivity index (χ0n) is 20.6. The molecule has 1 fully saturated rings. The summed E-state index contributed by atoms with van der Waals surface area (Å²) in [6.07, 6.45) is 30.4. The third-order valence-corrected chi connectivity index (χ3v) is 8.75. The summed E-state index contributed by atoms with van der Waals surface area (Å²) in [4.78, 5) is 0. The van der Waals surface area contributed by atoms with Crippen LogP contribution < -0.4 is 0 Å². The van der Waals surface area contributed by atoms with Gasteiger partial charge < -0.3 is 0 Å². The predicted octanol–water partition coefficient (Wildman–Crippen LogP) is 9.19. The Morgan fingerprint density at radius 2 is 1.64 bits per heavy atom. The van der Waals surface area contributed by atoms with Gasteiger partial charge in [-0.05, 0) is 96.1 Å². The van der Waals surface area contributed by atoms with Gasteiger partial charge in [0.2, 0.25) is 0 Å². The maximum Gasteiger partial charge on any atom is 0.0281 e. The molecule has 1 aromatic rings. The van der Waals surface area contributed by atoms with Crippen molar-refractivity contribution in [2.24, 2.45) is 17.8 Å². The van der Waals surface area contributed by atoms with Crippen LogP contribution in [0.2, 0.25) is 0 Å². The van der Waals surface area contributed by atoms with Gasteiger partial charge >= 0.3 is 0 Å². The van der Waals surface area contributed by atoms with Gasteiger partial charge in [-0.2, -0.15) is 0 Å². The molecule has 0 heterocycles. The Bertz CT molecular complexity index is 1010. The second kappa shape index (κ2) is 10.3. The fourth-order valence-corrected chi connectivity index (χ4v) is 6.72. The lowest BCUT2D eigenvalue weighted by atomic mass is 9.72. The second-order valence-electron chi connectivity index (χ2n) is 10.5. The zero-order valence-corrected chi connectivity index (χ0v) is 20.6. The van der Waals surface area contributed by atoms with Crippen LogP contribution in [0.15, 0.2) is 95.2 Å². The standard InChI is InChI=1S/C33H40/c1-3-25(4-2)26-17-19-28(20-18-26)27-15-13-24(14-16-27)23-30-21-22-32(29-9-6-5-7-10-29)33-12-8-11-31(30)33/h6,8-16,21-22,25-26,28,33H,3-5,7,17-20,23H2,1-2H3. The molecule has 0 heteroatoms. The van der Waals surface area contributed by atoms with Gasteiger partial charge in [-0.15, -0.1) is 0 Å². The highest BCUT2D eigenvalue weighted by Gasteiger charge is 2.28. The molecule has 0 amide bonds. The Morgan fingerprint density at radius 3 is 2.33 bits per heavy atom. The van der Waals surface area contributed by atoms with Crippen molar-refractivity contribution in [1.29, 1.82) is 0 Å². The van der Waals surface area contributed by atoms with E-state index in [0.29, 0.717) is 5.92 Å². The minimum Gasteiger partial charge on any atom is -0.0836 e. The molecule has 1 aromatic carbocycles. The van der Waals surface area contributed by atoms with E-state index < -0.39 is 0 Å². The van der Waals surface area contributed by atoms with Crippen LogP contribution in [-0.2, 0) is 6.42 Å². The summed E-state index contributed by atoms with van der Waals surface area (Å²) < 4.78 is 0. The van der Waals surface area contributed by atoms with Gasteiger partial charge in [0, 0.05) is 5.92 Å². The summed E-state index contributed by atoms with van der Waals surface area (Å²) in [7, 11) is 0. The van der Waals surface area contributed by atoms with Crippen LogP contribution in [0.1, 0.15) is 82.3 Å². The van der Waals surface area contributed by atoms with Gasteiger partial charge in [0.15, 0.2) is 0 Å². The summed E-state index contributed by atoms with van der Waals surface area (Å²) in [5.74, 6) is 3.11. The Kier molecular flexibility index (Phi) is 7.00. The van der Waals surface area contributed by atoms with Gasteiger partial charge in [-0.1, -0.05) is 99.6 Å². The fourth-order valence-electron chi connectivity index (χ4n) is 6.72. The minimum atomic E-state index is 0.434. The van der Waals surface area contributed by atoms with Crippen molar-refractivity contribution in [2.75, 3.05) is 0 Å². The van der Waals surface area contributed by atoms with Crippen molar-refractivity contribution in [3.8, 4) is 0 Å². The molecule has 1 unspecified atom stereocenters. The van der Waals surface area contributed by atoms with E-state index in [1.54, 1.807) is 5.56 Å². The van der Waals surface area contributed by atoms with E-state index in [4.69, 9.17) is 0 Å². The molecule has 5 rings (SSSR count). The first-order valence-electron chi connectivity index (χ1n) is 13.5. The first-order chi connectivity index (χ1) is 16.3. The highest BCUT2D eigenvalue weighted by atomic mass is 14.3. The third kappa shape index (κ3) is 4.81. The SMILES string of the molecule is CCC(CC)C1CCC(c2ccc(CC3=CC=C(C4=CCCC=C4)C4C=CC=C34)cc2)CC1. The quantitative estimate of drug-likeness (QED) is 0.399. The van der Waals surface area contributed by atoms with Crippen molar-refractivity contribution < 1.29 is 0 Å². The number of allylic oxidation sites excluding steroid dienone is 12. The topological polar surface area (TPSA) is 0 Å². The predicted molar refractivity (Wildman–Crippen MR) is 142 cm³/mol. The van der Waals surface area contributed by atoms with Gasteiger partial charge in [0.1, 0.15) is 0 Å². The lowest BCUT2D eigenvalue weighted by Gasteiger charge is -2.33. The normalized spacial score (nSPS) is 26.6. The molecule has 0 aromatic heterocycles. The van der Waals surface area contributed by atoms with Gasteiger partial charge in [-0.3, -0.25) is 0 Å². The average Bonchev–Trinajstić information content (AvgIpc) is 3.37. The van der Waals surface area contributed by atoms with E-state index in [2.05, 4.69) is 86.7 Å². The largest absolute Gasteiger partial charge is 0.0836 e. The van der Waals surface area contributed by atoms with Crippen LogP contribution in [0.5, 0.6) is 0 Å². The van der Waals surface area contributed by atoms with E-state index >= 15 is 0 Å². The highest BCUT2D eigenvalue weighted by Crippen LogP contribution is 2.42.